The number of ether oxygens (including phenoxy) is 6. The minimum Gasteiger partial charge on any atom is -0.497 e. The summed E-state index contributed by atoms with van der Waals surface area (Å²) < 4.78 is 92.9. The molecular formula is C26H32O7. The summed E-state index contributed by atoms with van der Waals surface area (Å²) in [7, 11) is 1.52. The van der Waals surface area contributed by atoms with E-state index in [2.05, 4.69) is 0 Å². The SMILES string of the molecule is [2H]c1c([2H])c([2H])c(C([2H])([2H])O[C@@H]2[C@@H](Oc3ccc(OC)cc3)O[C@@H]3COC4(CCCCC4)O[C@H]3[C@@H]2O)c([2H])c1[2H]. The van der Waals surface area contributed by atoms with Gasteiger partial charge in [-0.3, -0.25) is 0 Å². The molecule has 33 heavy (non-hydrogen) atoms. The Hall–Kier alpha value is -2.16. The summed E-state index contributed by atoms with van der Waals surface area (Å²) in [6.45, 7) is -2.82. The van der Waals surface area contributed by atoms with Crippen molar-refractivity contribution in [2.45, 2.75) is 75.2 Å². The average molecular weight is 464 g/mol. The number of aliphatic hydroxyl groups is 1. The molecule has 178 valence electrons. The van der Waals surface area contributed by atoms with E-state index < -0.39 is 78.8 Å². The summed E-state index contributed by atoms with van der Waals surface area (Å²) in [6.07, 6.45) is -1.92. The first-order chi connectivity index (χ1) is 19.0. The van der Waals surface area contributed by atoms with Crippen LogP contribution in [0.1, 0.15) is 47.3 Å². The van der Waals surface area contributed by atoms with Gasteiger partial charge in [0.2, 0.25) is 6.29 Å². The molecule has 7 nitrogen and oxygen atoms in total. The van der Waals surface area contributed by atoms with Crippen LogP contribution in [0.2, 0.25) is 0 Å². The summed E-state index contributed by atoms with van der Waals surface area (Å²) in [5, 5.41) is 11.6. The topological polar surface area (TPSA) is 75.6 Å². The number of aliphatic hydroxyl groups excluding tert-OH is 1. The monoisotopic (exact) mass is 463 g/mol. The molecular weight excluding hydrogens is 424 g/mol. The van der Waals surface area contributed by atoms with Crippen LogP contribution in [0.25, 0.3) is 0 Å². The van der Waals surface area contributed by atoms with Crippen LogP contribution in [-0.2, 0) is 25.5 Å². The van der Waals surface area contributed by atoms with Gasteiger partial charge in [0.05, 0.1) is 29.9 Å². The fraction of sp³-hybridized carbons (Fsp3) is 0.538. The average Bonchev–Trinajstić information content (AvgIpc) is 2.94. The first-order valence-corrected chi connectivity index (χ1v) is 11.2. The molecule has 2 aromatic carbocycles. The van der Waals surface area contributed by atoms with Gasteiger partial charge in [0.15, 0.2) is 5.79 Å². The molecule has 1 saturated carbocycles. The van der Waals surface area contributed by atoms with Gasteiger partial charge in [0.1, 0.15) is 35.9 Å². The molecule has 3 fully saturated rings. The number of rotatable bonds is 6. The maximum absolute atomic E-state index is 11.6. The lowest BCUT2D eigenvalue weighted by Crippen LogP contribution is -2.66. The van der Waals surface area contributed by atoms with Crippen molar-refractivity contribution in [3.8, 4) is 11.5 Å². The quantitative estimate of drug-likeness (QED) is 0.698. The normalized spacial score (nSPS) is 34.5. The first-order valence-electron chi connectivity index (χ1n) is 14.7. The molecule has 2 aliphatic heterocycles. The summed E-state index contributed by atoms with van der Waals surface area (Å²) in [4.78, 5) is 0. The van der Waals surface area contributed by atoms with Gasteiger partial charge in [-0.15, -0.1) is 0 Å². The van der Waals surface area contributed by atoms with Gasteiger partial charge in [0, 0.05) is 12.8 Å². The fourth-order valence-electron chi connectivity index (χ4n) is 4.48. The second-order valence-corrected chi connectivity index (χ2v) is 8.38. The van der Waals surface area contributed by atoms with Crippen LogP contribution in [-0.4, -0.2) is 55.3 Å². The number of fused-ring (bicyclic) bond motifs is 1. The molecule has 0 bridgehead atoms. The summed E-state index contributed by atoms with van der Waals surface area (Å²) in [5.41, 5.74) is -0.701. The van der Waals surface area contributed by atoms with Gasteiger partial charge in [-0.25, -0.2) is 0 Å². The lowest BCUT2D eigenvalue weighted by molar-refractivity contribution is -0.392. The van der Waals surface area contributed by atoms with Gasteiger partial charge < -0.3 is 33.5 Å². The third-order valence-electron chi connectivity index (χ3n) is 6.20. The van der Waals surface area contributed by atoms with E-state index in [9.17, 15) is 5.11 Å². The Morgan fingerprint density at radius 2 is 1.82 bits per heavy atom. The molecule has 0 amide bonds. The predicted molar refractivity (Wildman–Crippen MR) is 120 cm³/mol. The zero-order valence-electron chi connectivity index (χ0n) is 25.3. The van der Waals surface area contributed by atoms with Crippen molar-refractivity contribution in [3.05, 3.63) is 60.0 Å². The highest BCUT2D eigenvalue weighted by atomic mass is 16.8. The van der Waals surface area contributed by atoms with E-state index in [0.29, 0.717) is 24.3 Å². The van der Waals surface area contributed by atoms with Gasteiger partial charge in [-0.2, -0.15) is 0 Å². The minimum atomic E-state index is -2.94. The van der Waals surface area contributed by atoms with Crippen molar-refractivity contribution in [2.24, 2.45) is 0 Å². The van der Waals surface area contributed by atoms with Gasteiger partial charge in [-0.1, -0.05) is 36.6 Å². The molecule has 3 aliphatic rings. The van der Waals surface area contributed by atoms with Crippen LogP contribution >= 0.6 is 0 Å². The number of hydrogen-bond donors (Lipinski definition) is 1. The molecule has 1 aliphatic carbocycles. The molecule has 0 radical (unpaired) electrons. The molecule has 2 aromatic rings. The predicted octanol–water partition coefficient (Wildman–Crippen LogP) is 3.82. The van der Waals surface area contributed by atoms with Gasteiger partial charge in [-0.05, 0) is 42.7 Å². The lowest BCUT2D eigenvalue weighted by atomic mass is 9.90. The van der Waals surface area contributed by atoms with Crippen molar-refractivity contribution in [3.63, 3.8) is 0 Å². The van der Waals surface area contributed by atoms with E-state index in [4.69, 9.17) is 38.0 Å². The standard InChI is InChI=1S/C26H32O7/c1-28-19-10-12-20(13-11-19)31-25-24(29-16-18-8-4-2-5-9-18)22(27)23-21(32-25)17-30-26(33-23)14-6-3-7-15-26/h2,4-5,8-13,21-25,27H,3,6-7,14-17H2,1H3/t21-,22+,23-,24+,25+/m1/s1/i2D,4D,5D,8D,9D,16D2. The summed E-state index contributed by atoms with van der Waals surface area (Å²) in [6, 6.07) is 2.93. The summed E-state index contributed by atoms with van der Waals surface area (Å²) >= 11 is 0. The van der Waals surface area contributed by atoms with E-state index >= 15 is 0 Å². The largest absolute Gasteiger partial charge is 0.497 e. The van der Waals surface area contributed by atoms with Crippen LogP contribution in [0.4, 0.5) is 0 Å². The Morgan fingerprint density at radius 3 is 2.55 bits per heavy atom. The Balaban J connectivity index is 1.48. The van der Waals surface area contributed by atoms with Crippen LogP contribution in [0.15, 0.2) is 54.5 Å². The van der Waals surface area contributed by atoms with Crippen LogP contribution in [0.5, 0.6) is 11.5 Å². The molecule has 2 heterocycles. The van der Waals surface area contributed by atoms with E-state index in [0.717, 1.165) is 19.3 Å². The molecule has 1 N–H and O–H groups in total. The van der Waals surface area contributed by atoms with Gasteiger partial charge in [0.25, 0.3) is 0 Å². The van der Waals surface area contributed by atoms with Crippen LogP contribution in [0.3, 0.4) is 0 Å². The second kappa shape index (κ2) is 9.99. The smallest absolute Gasteiger partial charge is 0.229 e. The third kappa shape index (κ3) is 5.03. The molecule has 2 saturated heterocycles. The third-order valence-corrected chi connectivity index (χ3v) is 6.20. The van der Waals surface area contributed by atoms with Crippen molar-refractivity contribution in [2.75, 3.05) is 13.7 Å². The Bertz CT molecular complexity index is 1190. The van der Waals surface area contributed by atoms with Crippen molar-refractivity contribution in [1.29, 1.82) is 0 Å². The highest BCUT2D eigenvalue weighted by Crippen LogP contribution is 2.41. The van der Waals surface area contributed by atoms with E-state index in [1.165, 1.54) is 7.11 Å². The fourth-order valence-corrected chi connectivity index (χ4v) is 4.48. The van der Waals surface area contributed by atoms with Gasteiger partial charge >= 0.3 is 0 Å². The highest BCUT2D eigenvalue weighted by Gasteiger charge is 2.54. The Morgan fingerprint density at radius 1 is 1.09 bits per heavy atom. The maximum atomic E-state index is 11.6. The molecule has 0 unspecified atom stereocenters. The molecule has 7 heteroatoms. The highest BCUT2D eigenvalue weighted by molar-refractivity contribution is 5.31. The summed E-state index contributed by atoms with van der Waals surface area (Å²) in [5.74, 6) is 0.00758. The molecule has 5 atom stereocenters. The zero-order chi connectivity index (χ0) is 28.8. The number of methoxy groups -OCH3 is 1. The number of benzene rings is 2. The maximum Gasteiger partial charge on any atom is 0.229 e. The Labute approximate surface area is 204 Å². The van der Waals surface area contributed by atoms with Crippen molar-refractivity contribution >= 4 is 0 Å². The van der Waals surface area contributed by atoms with Crippen LogP contribution in [0, 0.1) is 0 Å². The molecule has 0 aromatic heterocycles. The zero-order valence-corrected chi connectivity index (χ0v) is 18.3. The first kappa shape index (κ1) is 15.7. The van der Waals surface area contributed by atoms with Crippen LogP contribution < -0.4 is 9.47 Å². The van der Waals surface area contributed by atoms with Crippen molar-refractivity contribution < 1.29 is 43.1 Å². The lowest BCUT2D eigenvalue weighted by Gasteiger charge is -2.52. The van der Waals surface area contributed by atoms with E-state index in [1.807, 2.05) is 0 Å². The molecule has 1 spiro atoms. The van der Waals surface area contributed by atoms with E-state index in [1.54, 1.807) is 24.3 Å². The van der Waals surface area contributed by atoms with E-state index in [-0.39, 0.29) is 6.61 Å². The minimum absolute atomic E-state index is 0.118. The van der Waals surface area contributed by atoms with Crippen molar-refractivity contribution in [1.82, 2.24) is 0 Å². The Kier molecular flexibility index (Phi) is 4.75. The second-order valence-electron chi connectivity index (χ2n) is 8.38. The molecule has 5 rings (SSSR count). The number of hydrogen-bond acceptors (Lipinski definition) is 7.